The van der Waals surface area contributed by atoms with Gasteiger partial charge in [-0.05, 0) is 56.5 Å². The van der Waals surface area contributed by atoms with Gasteiger partial charge >= 0.3 is 0 Å². The van der Waals surface area contributed by atoms with Gasteiger partial charge < -0.3 is 10.1 Å². The number of hydrogen-bond donors (Lipinski definition) is 1. The van der Waals surface area contributed by atoms with Crippen molar-refractivity contribution in [3.05, 3.63) is 48.3 Å². The van der Waals surface area contributed by atoms with E-state index >= 15 is 0 Å². The zero-order chi connectivity index (χ0) is 22.4. The minimum atomic E-state index is -3.38. The van der Waals surface area contributed by atoms with Crippen LogP contribution < -0.4 is 10.1 Å². The third kappa shape index (κ3) is 6.28. The van der Waals surface area contributed by atoms with Crippen LogP contribution in [0, 0.1) is 0 Å². The van der Waals surface area contributed by atoms with Gasteiger partial charge in [0.05, 0.1) is 0 Å². The summed E-state index contributed by atoms with van der Waals surface area (Å²) in [5.74, 6) is 0.555. The fourth-order valence-electron chi connectivity index (χ4n) is 3.43. The fraction of sp³-hybridized carbons (Fsp3) is 0.524. The molecule has 1 aromatic carbocycles. The number of ether oxygens (including phenoxy) is 1. The number of nitrogens with zero attached hydrogens (tertiary/aromatic N) is 4. The third-order valence-electron chi connectivity index (χ3n) is 5.34. The Morgan fingerprint density at radius 1 is 1.26 bits per heavy atom. The minimum Gasteiger partial charge on any atom is -0.490 e. The Hall–Kier alpha value is -2.43. The molecule has 31 heavy (non-hydrogen) atoms. The predicted molar refractivity (Wildman–Crippen MR) is 118 cm³/mol. The molecule has 0 aliphatic carbocycles. The highest BCUT2D eigenvalue weighted by atomic mass is 32.2. The zero-order valence-corrected chi connectivity index (χ0v) is 19.1. The molecule has 1 aliphatic rings. The average Bonchev–Trinajstić information content (AvgIpc) is 3.27. The number of piperidine rings is 1. The Labute approximate surface area is 184 Å². The van der Waals surface area contributed by atoms with Crippen LogP contribution in [0.2, 0.25) is 0 Å². The highest BCUT2D eigenvalue weighted by Crippen LogP contribution is 2.21. The number of hydrogen-bond acceptors (Lipinski definition) is 5. The second kappa shape index (κ2) is 10.3. The number of carbonyl (C=O) groups excluding carboxylic acids is 1. The highest BCUT2D eigenvalue weighted by Gasteiger charge is 2.30. The predicted octanol–water partition coefficient (Wildman–Crippen LogP) is 1.74. The topological polar surface area (TPSA) is 96.8 Å². The van der Waals surface area contributed by atoms with E-state index in [0.717, 1.165) is 13.0 Å². The van der Waals surface area contributed by atoms with Crippen molar-refractivity contribution >= 4 is 16.1 Å². The Bertz CT molecular complexity index is 937. The van der Waals surface area contributed by atoms with Gasteiger partial charge in [0.2, 0.25) is 0 Å². The Morgan fingerprint density at radius 2 is 1.94 bits per heavy atom. The summed E-state index contributed by atoms with van der Waals surface area (Å²) < 4.78 is 34.9. The van der Waals surface area contributed by atoms with Gasteiger partial charge in [-0.25, -0.2) is 0 Å². The molecule has 2 aromatic rings. The van der Waals surface area contributed by atoms with E-state index in [4.69, 9.17) is 4.74 Å². The van der Waals surface area contributed by atoms with E-state index in [1.807, 2.05) is 23.9 Å². The van der Waals surface area contributed by atoms with E-state index < -0.39 is 10.2 Å². The van der Waals surface area contributed by atoms with Crippen molar-refractivity contribution in [2.24, 2.45) is 0 Å². The lowest BCUT2D eigenvalue weighted by atomic mass is 10.1. The maximum absolute atomic E-state index is 12.5. The van der Waals surface area contributed by atoms with E-state index in [2.05, 4.69) is 10.4 Å². The van der Waals surface area contributed by atoms with E-state index in [0.29, 0.717) is 37.2 Å². The van der Waals surface area contributed by atoms with Gasteiger partial charge in [0.1, 0.15) is 11.9 Å². The van der Waals surface area contributed by atoms with Crippen LogP contribution in [-0.2, 0) is 16.8 Å². The molecule has 1 atom stereocenters. The van der Waals surface area contributed by atoms with Crippen LogP contribution in [0.15, 0.2) is 42.7 Å². The molecule has 1 amide bonds. The largest absolute Gasteiger partial charge is 0.490 e. The molecular formula is C21H31N5O4S. The first-order valence-electron chi connectivity index (χ1n) is 10.5. The van der Waals surface area contributed by atoms with Crippen molar-refractivity contribution in [3.8, 4) is 5.75 Å². The van der Waals surface area contributed by atoms with E-state index in [-0.39, 0.29) is 18.1 Å². The quantitative estimate of drug-likeness (QED) is 0.629. The van der Waals surface area contributed by atoms with Crippen LogP contribution in [0.5, 0.6) is 5.75 Å². The SMILES string of the molecule is CC(CCn1cccn1)NC(=O)c1ccc(OC2CCN(S(=O)(=O)N(C)C)CC2)cc1. The van der Waals surface area contributed by atoms with Crippen LogP contribution in [0.4, 0.5) is 0 Å². The lowest BCUT2D eigenvalue weighted by Gasteiger charge is -2.32. The minimum absolute atomic E-state index is 0.0243. The molecule has 1 saturated heterocycles. The Morgan fingerprint density at radius 3 is 2.52 bits per heavy atom. The standard InChI is InChI=1S/C21H31N5O4S/c1-17(9-14-25-13-4-12-22-25)23-21(27)18-5-7-19(8-6-18)30-20-10-15-26(16-11-20)31(28,29)24(2)3/h4-8,12-13,17,20H,9-11,14-16H2,1-3H3,(H,23,27). The molecule has 0 radical (unpaired) electrons. The summed E-state index contributed by atoms with van der Waals surface area (Å²) in [4.78, 5) is 12.5. The monoisotopic (exact) mass is 449 g/mol. The molecular weight excluding hydrogens is 418 g/mol. The number of nitrogens with one attached hydrogen (secondary N) is 1. The number of aromatic nitrogens is 2. The summed E-state index contributed by atoms with van der Waals surface area (Å²) in [6.07, 6.45) is 5.64. The summed E-state index contributed by atoms with van der Waals surface area (Å²) in [6, 6.07) is 8.96. The van der Waals surface area contributed by atoms with Gasteiger partial charge in [0.25, 0.3) is 16.1 Å². The van der Waals surface area contributed by atoms with Crippen molar-refractivity contribution in [1.82, 2.24) is 23.7 Å². The summed E-state index contributed by atoms with van der Waals surface area (Å²) >= 11 is 0. The zero-order valence-electron chi connectivity index (χ0n) is 18.3. The van der Waals surface area contributed by atoms with Crippen LogP contribution >= 0.6 is 0 Å². The fourth-order valence-corrected chi connectivity index (χ4v) is 4.56. The molecule has 170 valence electrons. The normalized spacial score (nSPS) is 16.9. The maximum Gasteiger partial charge on any atom is 0.281 e. The Kier molecular flexibility index (Phi) is 7.69. The lowest BCUT2D eigenvalue weighted by Crippen LogP contribution is -2.46. The van der Waals surface area contributed by atoms with Gasteiger partial charge in [-0.2, -0.15) is 22.1 Å². The molecule has 1 N–H and O–H groups in total. The molecule has 2 heterocycles. The number of aryl methyl sites for hydroxylation is 1. The molecule has 9 nitrogen and oxygen atoms in total. The van der Waals surface area contributed by atoms with Crippen molar-refractivity contribution in [1.29, 1.82) is 0 Å². The lowest BCUT2D eigenvalue weighted by molar-refractivity contribution is 0.0937. The van der Waals surface area contributed by atoms with Crippen LogP contribution in [-0.4, -0.2) is 72.0 Å². The molecule has 0 spiro atoms. The summed E-state index contributed by atoms with van der Waals surface area (Å²) in [5.41, 5.74) is 0.574. The van der Waals surface area contributed by atoms with Gasteiger partial charge in [-0.3, -0.25) is 9.48 Å². The number of amides is 1. The van der Waals surface area contributed by atoms with Gasteiger partial charge in [-0.15, -0.1) is 0 Å². The van der Waals surface area contributed by atoms with Crippen molar-refractivity contribution < 1.29 is 17.9 Å². The molecule has 1 fully saturated rings. The second-order valence-electron chi connectivity index (χ2n) is 7.96. The van der Waals surface area contributed by atoms with E-state index in [1.54, 1.807) is 30.5 Å². The smallest absolute Gasteiger partial charge is 0.281 e. The van der Waals surface area contributed by atoms with Crippen LogP contribution in [0.25, 0.3) is 0 Å². The van der Waals surface area contributed by atoms with E-state index in [1.165, 1.54) is 22.7 Å². The van der Waals surface area contributed by atoms with Gasteiger partial charge in [0, 0.05) is 57.7 Å². The van der Waals surface area contributed by atoms with Gasteiger partial charge in [0.15, 0.2) is 0 Å². The third-order valence-corrected chi connectivity index (χ3v) is 7.28. The van der Waals surface area contributed by atoms with E-state index in [9.17, 15) is 13.2 Å². The summed E-state index contributed by atoms with van der Waals surface area (Å²) in [6.45, 7) is 3.59. The van der Waals surface area contributed by atoms with Crippen LogP contribution in [0.1, 0.15) is 36.5 Å². The number of carbonyl (C=O) groups is 1. The molecule has 1 unspecified atom stereocenters. The van der Waals surface area contributed by atoms with Gasteiger partial charge in [-0.1, -0.05) is 0 Å². The Balaban J connectivity index is 1.45. The van der Waals surface area contributed by atoms with Crippen molar-refractivity contribution in [3.63, 3.8) is 0 Å². The van der Waals surface area contributed by atoms with Crippen molar-refractivity contribution in [2.45, 2.75) is 44.9 Å². The molecule has 10 heteroatoms. The highest BCUT2D eigenvalue weighted by molar-refractivity contribution is 7.86. The molecule has 1 aliphatic heterocycles. The molecule has 0 bridgehead atoms. The second-order valence-corrected chi connectivity index (χ2v) is 10.1. The molecule has 0 saturated carbocycles. The average molecular weight is 450 g/mol. The summed E-state index contributed by atoms with van der Waals surface area (Å²) in [5, 5.41) is 7.16. The van der Waals surface area contributed by atoms with Crippen LogP contribution in [0.3, 0.4) is 0 Å². The first kappa shape index (κ1) is 23.2. The molecule has 1 aromatic heterocycles. The number of benzene rings is 1. The maximum atomic E-state index is 12.5. The first-order chi connectivity index (χ1) is 14.8. The number of rotatable bonds is 9. The first-order valence-corrected chi connectivity index (χ1v) is 11.9. The molecule has 3 rings (SSSR count). The summed E-state index contributed by atoms with van der Waals surface area (Å²) in [7, 11) is -0.302. The van der Waals surface area contributed by atoms with Crippen molar-refractivity contribution in [2.75, 3.05) is 27.2 Å².